The molecule has 0 aliphatic carbocycles. The fourth-order valence-corrected chi connectivity index (χ4v) is 5.89. The smallest absolute Gasteiger partial charge is 0.264 e. The van der Waals surface area contributed by atoms with Gasteiger partial charge in [-0.2, -0.15) is 0 Å². The number of methoxy groups -OCH3 is 3. The number of hydrogen-bond acceptors (Lipinski definition) is 7. The molecule has 1 amide bonds. The van der Waals surface area contributed by atoms with Crippen LogP contribution in [0.3, 0.4) is 0 Å². The number of nitrogens with zero attached hydrogens (tertiary/aromatic N) is 3. The second kappa shape index (κ2) is 11.8. The number of halogens is 1. The van der Waals surface area contributed by atoms with Gasteiger partial charge in [0.15, 0.2) is 11.5 Å². The largest absolute Gasteiger partial charge is 0.495 e. The van der Waals surface area contributed by atoms with Gasteiger partial charge in [0.2, 0.25) is 5.91 Å². The number of anilines is 2. The van der Waals surface area contributed by atoms with Crippen LogP contribution in [0.5, 0.6) is 17.2 Å². The summed E-state index contributed by atoms with van der Waals surface area (Å²) in [7, 11) is 0.388. The van der Waals surface area contributed by atoms with Gasteiger partial charge in [-0.3, -0.25) is 9.10 Å². The Morgan fingerprint density at radius 3 is 2.11 bits per heavy atom. The average molecular weight is 560 g/mol. The first-order valence-electron chi connectivity index (χ1n) is 11.9. The fraction of sp³-hybridized carbons (Fsp3) is 0.296. The van der Waals surface area contributed by atoms with Gasteiger partial charge in [-0.05, 0) is 48.5 Å². The van der Waals surface area contributed by atoms with E-state index in [1.165, 1.54) is 32.4 Å². The minimum absolute atomic E-state index is 0.0288. The summed E-state index contributed by atoms with van der Waals surface area (Å²) in [5.74, 6) is 1.13. The highest BCUT2D eigenvalue weighted by Gasteiger charge is 2.31. The number of carbonyl (C=O) groups is 1. The Kier molecular flexibility index (Phi) is 8.53. The molecule has 0 saturated carbocycles. The first-order valence-corrected chi connectivity index (χ1v) is 13.8. The van der Waals surface area contributed by atoms with Gasteiger partial charge >= 0.3 is 0 Å². The molecule has 38 heavy (non-hydrogen) atoms. The quantitative estimate of drug-likeness (QED) is 0.393. The molecule has 202 valence electrons. The second-order valence-corrected chi connectivity index (χ2v) is 10.8. The molecule has 0 bridgehead atoms. The van der Waals surface area contributed by atoms with Gasteiger partial charge < -0.3 is 24.0 Å². The van der Waals surface area contributed by atoms with E-state index >= 15 is 0 Å². The van der Waals surface area contributed by atoms with Crippen LogP contribution in [-0.4, -0.2) is 73.3 Å². The van der Waals surface area contributed by atoms with Crippen molar-refractivity contribution in [3.8, 4) is 17.2 Å². The lowest BCUT2D eigenvalue weighted by Crippen LogP contribution is -2.52. The maximum absolute atomic E-state index is 13.8. The van der Waals surface area contributed by atoms with Gasteiger partial charge in [-0.15, -0.1) is 0 Å². The van der Waals surface area contributed by atoms with E-state index in [0.717, 1.165) is 15.7 Å². The number of benzene rings is 3. The molecular weight excluding hydrogens is 530 g/mol. The van der Waals surface area contributed by atoms with Crippen LogP contribution in [0.1, 0.15) is 0 Å². The van der Waals surface area contributed by atoms with Crippen LogP contribution in [0.25, 0.3) is 0 Å². The molecule has 0 atom stereocenters. The number of amides is 1. The van der Waals surface area contributed by atoms with Crippen molar-refractivity contribution in [3.05, 3.63) is 71.8 Å². The van der Waals surface area contributed by atoms with Crippen molar-refractivity contribution in [3.63, 3.8) is 0 Å². The minimum Gasteiger partial charge on any atom is -0.495 e. The summed E-state index contributed by atoms with van der Waals surface area (Å²) < 4.78 is 44.7. The normalized spacial score (nSPS) is 13.7. The number of ether oxygens (including phenoxy) is 3. The number of piperazine rings is 1. The Morgan fingerprint density at radius 2 is 1.47 bits per heavy atom. The third-order valence-electron chi connectivity index (χ3n) is 6.39. The molecule has 0 unspecified atom stereocenters. The first kappa shape index (κ1) is 27.4. The summed E-state index contributed by atoms with van der Waals surface area (Å²) in [6.07, 6.45) is 0. The Balaban J connectivity index is 1.57. The third kappa shape index (κ3) is 5.76. The Labute approximate surface area is 228 Å². The molecule has 4 rings (SSSR count). The average Bonchev–Trinajstić information content (AvgIpc) is 2.95. The zero-order valence-electron chi connectivity index (χ0n) is 21.5. The van der Waals surface area contributed by atoms with Gasteiger partial charge in [0, 0.05) is 37.3 Å². The number of hydrogen-bond donors (Lipinski definition) is 0. The Hall–Kier alpha value is -3.63. The SMILES string of the molecule is COc1ccc(S(=O)(=O)N(CC(=O)N2CCN(c3ccccc3OC)CC2)c2ccc(Cl)cc2)cc1OC. The number of carbonyl (C=O) groups excluding carboxylic acids is 1. The minimum atomic E-state index is -4.14. The molecule has 0 spiro atoms. The fourth-order valence-electron chi connectivity index (χ4n) is 4.34. The molecule has 11 heteroatoms. The van der Waals surface area contributed by atoms with Crippen LogP contribution in [0.4, 0.5) is 11.4 Å². The molecule has 9 nitrogen and oxygen atoms in total. The topological polar surface area (TPSA) is 88.6 Å². The highest BCUT2D eigenvalue weighted by Crippen LogP contribution is 2.33. The summed E-state index contributed by atoms with van der Waals surface area (Å²) in [4.78, 5) is 17.2. The molecule has 1 fully saturated rings. The van der Waals surface area contributed by atoms with Crippen LogP contribution in [-0.2, 0) is 14.8 Å². The molecular formula is C27H30ClN3O6S. The van der Waals surface area contributed by atoms with Gasteiger partial charge in [0.05, 0.1) is 37.6 Å². The molecule has 0 N–H and O–H groups in total. The molecule has 3 aromatic carbocycles. The number of sulfonamides is 1. The summed E-state index contributed by atoms with van der Waals surface area (Å²) >= 11 is 6.05. The van der Waals surface area contributed by atoms with E-state index in [1.54, 1.807) is 36.3 Å². The molecule has 0 radical (unpaired) electrons. The predicted molar refractivity (Wildman–Crippen MR) is 147 cm³/mol. The third-order valence-corrected chi connectivity index (χ3v) is 8.42. The highest BCUT2D eigenvalue weighted by atomic mass is 35.5. The van der Waals surface area contributed by atoms with Crippen molar-refractivity contribution in [2.24, 2.45) is 0 Å². The van der Waals surface area contributed by atoms with Crippen LogP contribution in [0.15, 0.2) is 71.6 Å². The van der Waals surface area contributed by atoms with E-state index < -0.39 is 10.0 Å². The zero-order valence-corrected chi connectivity index (χ0v) is 23.0. The van der Waals surface area contributed by atoms with E-state index in [2.05, 4.69) is 4.90 Å². The number of rotatable bonds is 9. The molecule has 1 saturated heterocycles. The van der Waals surface area contributed by atoms with E-state index in [1.807, 2.05) is 24.3 Å². The lowest BCUT2D eigenvalue weighted by molar-refractivity contribution is -0.129. The molecule has 3 aromatic rings. The van der Waals surface area contributed by atoms with E-state index in [-0.39, 0.29) is 23.1 Å². The van der Waals surface area contributed by atoms with Crippen molar-refractivity contribution in [1.29, 1.82) is 0 Å². The van der Waals surface area contributed by atoms with Crippen LogP contribution in [0, 0.1) is 0 Å². The van der Waals surface area contributed by atoms with Crippen LogP contribution >= 0.6 is 11.6 Å². The van der Waals surface area contributed by atoms with Crippen molar-refractivity contribution >= 4 is 38.9 Å². The molecule has 1 aliphatic rings. The predicted octanol–water partition coefficient (Wildman–Crippen LogP) is 3.91. The zero-order chi connectivity index (χ0) is 27.3. The lowest BCUT2D eigenvalue weighted by Gasteiger charge is -2.37. The van der Waals surface area contributed by atoms with Gasteiger partial charge in [-0.25, -0.2) is 8.42 Å². The lowest BCUT2D eigenvalue weighted by atomic mass is 10.2. The van der Waals surface area contributed by atoms with Crippen LogP contribution < -0.4 is 23.4 Å². The second-order valence-electron chi connectivity index (χ2n) is 8.54. The summed E-state index contributed by atoms with van der Waals surface area (Å²) in [5, 5.41) is 0.455. The van der Waals surface area contributed by atoms with Gasteiger partial charge in [0.25, 0.3) is 10.0 Å². The van der Waals surface area contributed by atoms with Crippen molar-refractivity contribution in [1.82, 2.24) is 4.90 Å². The Bertz CT molecular complexity index is 1380. The van der Waals surface area contributed by atoms with Gasteiger partial charge in [-0.1, -0.05) is 23.7 Å². The standard InChI is InChI=1S/C27H30ClN3O6S/c1-35-24-7-5-4-6-23(24)29-14-16-30(17-15-29)27(32)19-31(21-10-8-20(28)9-11-21)38(33,34)22-12-13-25(36-2)26(18-22)37-3/h4-13,18H,14-17,19H2,1-3H3. The van der Waals surface area contributed by atoms with Crippen molar-refractivity contribution in [2.75, 3.05) is 63.3 Å². The van der Waals surface area contributed by atoms with Crippen molar-refractivity contribution in [2.45, 2.75) is 4.90 Å². The van der Waals surface area contributed by atoms with E-state index in [0.29, 0.717) is 42.6 Å². The maximum Gasteiger partial charge on any atom is 0.264 e. The molecule has 1 aliphatic heterocycles. The first-order chi connectivity index (χ1) is 18.3. The van der Waals surface area contributed by atoms with E-state index in [4.69, 9.17) is 25.8 Å². The summed E-state index contributed by atoms with van der Waals surface area (Å²) in [6, 6.07) is 18.4. The Morgan fingerprint density at radius 1 is 0.842 bits per heavy atom. The summed E-state index contributed by atoms with van der Waals surface area (Å²) in [6.45, 7) is 1.71. The van der Waals surface area contributed by atoms with Gasteiger partial charge in [0.1, 0.15) is 12.3 Å². The van der Waals surface area contributed by atoms with E-state index in [9.17, 15) is 13.2 Å². The maximum atomic E-state index is 13.8. The summed E-state index contributed by atoms with van der Waals surface area (Å²) in [5.41, 5.74) is 1.28. The number of para-hydroxylation sites is 2. The highest BCUT2D eigenvalue weighted by molar-refractivity contribution is 7.92. The van der Waals surface area contributed by atoms with Crippen LogP contribution in [0.2, 0.25) is 5.02 Å². The monoisotopic (exact) mass is 559 g/mol. The molecule has 0 aromatic heterocycles. The molecule has 1 heterocycles. The van der Waals surface area contributed by atoms with Crippen molar-refractivity contribution < 1.29 is 27.4 Å².